The van der Waals surface area contributed by atoms with Gasteiger partial charge in [-0.25, -0.2) is 4.98 Å². The number of carbonyl (C=O) groups is 1. The monoisotopic (exact) mass is 247 g/mol. The summed E-state index contributed by atoms with van der Waals surface area (Å²) in [5.74, 6) is 0.151. The molecule has 0 fully saturated rings. The van der Waals surface area contributed by atoms with Gasteiger partial charge >= 0.3 is 5.97 Å². The molecule has 0 spiro atoms. The first-order valence-corrected chi connectivity index (χ1v) is 6.03. The quantitative estimate of drug-likeness (QED) is 0.676. The lowest BCUT2D eigenvalue weighted by molar-refractivity contribution is -0.136. The number of fused-ring (bicyclic) bond motifs is 1. The van der Waals surface area contributed by atoms with Gasteiger partial charge in [0, 0.05) is 6.54 Å². The standard InChI is InChI=1S/C13H17N3O2/c1-9-15-11-3-2-10(8-12(11)16-9)4-6-14-7-5-13(17)18/h2-3,8,14H,4-7H2,1H3,(H,15,16)(H,17,18). The topological polar surface area (TPSA) is 78.0 Å². The van der Waals surface area contributed by atoms with Crippen molar-refractivity contribution in [1.29, 1.82) is 0 Å². The number of carboxylic acids is 1. The predicted molar refractivity (Wildman–Crippen MR) is 69.7 cm³/mol. The Labute approximate surface area is 105 Å². The number of imidazole rings is 1. The number of aromatic nitrogens is 2. The van der Waals surface area contributed by atoms with Crippen LogP contribution >= 0.6 is 0 Å². The number of nitrogens with zero attached hydrogens (tertiary/aromatic N) is 1. The molecule has 0 saturated heterocycles. The molecule has 3 N–H and O–H groups in total. The Hall–Kier alpha value is -1.88. The van der Waals surface area contributed by atoms with Crippen molar-refractivity contribution in [2.24, 2.45) is 0 Å². The largest absolute Gasteiger partial charge is 0.481 e. The van der Waals surface area contributed by atoms with Gasteiger partial charge in [-0.05, 0) is 37.6 Å². The van der Waals surface area contributed by atoms with Crippen LogP contribution in [0.25, 0.3) is 11.0 Å². The number of rotatable bonds is 6. The molecule has 0 amide bonds. The van der Waals surface area contributed by atoms with E-state index in [1.54, 1.807) is 0 Å². The van der Waals surface area contributed by atoms with E-state index in [1.165, 1.54) is 5.56 Å². The highest BCUT2D eigenvalue weighted by atomic mass is 16.4. The molecule has 2 rings (SSSR count). The molecule has 1 heterocycles. The summed E-state index contributed by atoms with van der Waals surface area (Å²) in [5, 5.41) is 11.6. The number of aromatic amines is 1. The van der Waals surface area contributed by atoms with Gasteiger partial charge in [0.25, 0.3) is 0 Å². The highest BCUT2D eigenvalue weighted by molar-refractivity contribution is 5.75. The van der Waals surface area contributed by atoms with Gasteiger partial charge in [0.15, 0.2) is 0 Å². The van der Waals surface area contributed by atoms with E-state index in [-0.39, 0.29) is 6.42 Å². The molecule has 96 valence electrons. The van der Waals surface area contributed by atoms with Gasteiger partial charge in [0.05, 0.1) is 17.5 Å². The van der Waals surface area contributed by atoms with Crippen molar-refractivity contribution >= 4 is 17.0 Å². The van der Waals surface area contributed by atoms with Gasteiger partial charge in [0.1, 0.15) is 5.82 Å². The lowest BCUT2D eigenvalue weighted by atomic mass is 10.1. The molecule has 0 unspecified atom stereocenters. The van der Waals surface area contributed by atoms with Crippen LogP contribution in [0.1, 0.15) is 17.8 Å². The van der Waals surface area contributed by atoms with Crippen molar-refractivity contribution < 1.29 is 9.90 Å². The zero-order valence-electron chi connectivity index (χ0n) is 10.4. The summed E-state index contributed by atoms with van der Waals surface area (Å²) in [7, 11) is 0. The third-order valence-electron chi connectivity index (χ3n) is 2.77. The Morgan fingerprint density at radius 1 is 1.44 bits per heavy atom. The molecule has 0 aliphatic carbocycles. The predicted octanol–water partition coefficient (Wildman–Crippen LogP) is 1.48. The molecule has 1 aromatic heterocycles. The number of hydrogen-bond donors (Lipinski definition) is 3. The van der Waals surface area contributed by atoms with Crippen LogP contribution in [0.3, 0.4) is 0 Å². The Morgan fingerprint density at radius 2 is 2.28 bits per heavy atom. The number of aliphatic carboxylic acids is 1. The van der Waals surface area contributed by atoms with Crippen molar-refractivity contribution in [3.8, 4) is 0 Å². The average molecular weight is 247 g/mol. The second-order valence-corrected chi connectivity index (χ2v) is 4.32. The van der Waals surface area contributed by atoms with E-state index in [4.69, 9.17) is 5.11 Å². The van der Waals surface area contributed by atoms with Crippen LogP contribution in [0.15, 0.2) is 18.2 Å². The van der Waals surface area contributed by atoms with E-state index in [1.807, 2.05) is 13.0 Å². The van der Waals surface area contributed by atoms with Gasteiger partial charge in [-0.2, -0.15) is 0 Å². The number of hydrogen-bond acceptors (Lipinski definition) is 3. The maximum Gasteiger partial charge on any atom is 0.304 e. The lowest BCUT2D eigenvalue weighted by Crippen LogP contribution is -2.20. The number of aryl methyl sites for hydroxylation is 1. The van der Waals surface area contributed by atoms with Crippen LogP contribution in [0, 0.1) is 6.92 Å². The summed E-state index contributed by atoms with van der Waals surface area (Å²) in [4.78, 5) is 17.9. The van der Waals surface area contributed by atoms with Crippen LogP contribution in [0.4, 0.5) is 0 Å². The second-order valence-electron chi connectivity index (χ2n) is 4.32. The normalized spacial score (nSPS) is 10.9. The second kappa shape index (κ2) is 5.64. The zero-order valence-corrected chi connectivity index (χ0v) is 10.4. The minimum absolute atomic E-state index is 0.165. The third-order valence-corrected chi connectivity index (χ3v) is 2.77. The summed E-state index contributed by atoms with van der Waals surface area (Å²) in [6.45, 7) is 3.24. The first-order valence-electron chi connectivity index (χ1n) is 6.03. The van der Waals surface area contributed by atoms with Crippen LogP contribution in [0.2, 0.25) is 0 Å². The average Bonchev–Trinajstić information content (AvgIpc) is 2.67. The van der Waals surface area contributed by atoms with Crippen LogP contribution in [-0.2, 0) is 11.2 Å². The molecule has 0 radical (unpaired) electrons. The van der Waals surface area contributed by atoms with Gasteiger partial charge < -0.3 is 15.4 Å². The highest BCUT2D eigenvalue weighted by Crippen LogP contribution is 2.13. The van der Waals surface area contributed by atoms with E-state index in [9.17, 15) is 4.79 Å². The fourth-order valence-corrected chi connectivity index (χ4v) is 1.89. The molecule has 1 aromatic carbocycles. The molecule has 0 bridgehead atoms. The van der Waals surface area contributed by atoms with Crippen LogP contribution in [0.5, 0.6) is 0 Å². The molecule has 5 nitrogen and oxygen atoms in total. The Kier molecular flexibility index (Phi) is 3.94. The summed E-state index contributed by atoms with van der Waals surface area (Å²) in [5.41, 5.74) is 3.25. The first-order chi connectivity index (χ1) is 8.65. The maximum atomic E-state index is 10.3. The van der Waals surface area contributed by atoms with Crippen LogP contribution in [-0.4, -0.2) is 34.1 Å². The minimum Gasteiger partial charge on any atom is -0.481 e. The molecular weight excluding hydrogens is 230 g/mol. The van der Waals surface area contributed by atoms with Crippen molar-refractivity contribution in [3.05, 3.63) is 29.6 Å². The van der Waals surface area contributed by atoms with E-state index in [2.05, 4.69) is 27.4 Å². The molecule has 0 aliphatic heterocycles. The fourth-order valence-electron chi connectivity index (χ4n) is 1.89. The molecule has 0 saturated carbocycles. The smallest absolute Gasteiger partial charge is 0.304 e. The third kappa shape index (κ3) is 3.30. The first kappa shape index (κ1) is 12.6. The summed E-state index contributed by atoms with van der Waals surface area (Å²) in [6, 6.07) is 6.15. The van der Waals surface area contributed by atoms with Crippen molar-refractivity contribution in [2.45, 2.75) is 19.8 Å². The maximum absolute atomic E-state index is 10.3. The van der Waals surface area contributed by atoms with Crippen molar-refractivity contribution in [3.63, 3.8) is 0 Å². The van der Waals surface area contributed by atoms with E-state index in [0.29, 0.717) is 6.54 Å². The Balaban J connectivity index is 1.86. The molecular formula is C13H17N3O2. The molecule has 18 heavy (non-hydrogen) atoms. The fraction of sp³-hybridized carbons (Fsp3) is 0.385. The summed E-state index contributed by atoms with van der Waals surface area (Å²) >= 11 is 0. The van der Waals surface area contributed by atoms with Crippen molar-refractivity contribution in [1.82, 2.24) is 15.3 Å². The Bertz CT molecular complexity index is 548. The number of benzene rings is 1. The van der Waals surface area contributed by atoms with E-state index in [0.717, 1.165) is 29.8 Å². The minimum atomic E-state index is -0.767. The van der Waals surface area contributed by atoms with Crippen molar-refractivity contribution in [2.75, 3.05) is 13.1 Å². The highest BCUT2D eigenvalue weighted by Gasteiger charge is 2.01. The summed E-state index contributed by atoms with van der Waals surface area (Å²) < 4.78 is 0. The number of nitrogens with one attached hydrogen (secondary N) is 2. The molecule has 0 aliphatic rings. The molecule has 5 heteroatoms. The van der Waals surface area contributed by atoms with Gasteiger partial charge in [-0.3, -0.25) is 4.79 Å². The number of H-pyrrole nitrogens is 1. The Morgan fingerprint density at radius 3 is 3.06 bits per heavy atom. The SMILES string of the molecule is Cc1nc2ccc(CCNCCC(=O)O)cc2[nH]1. The zero-order chi connectivity index (χ0) is 13.0. The molecule has 2 aromatic rings. The van der Waals surface area contributed by atoms with Gasteiger partial charge in [-0.1, -0.05) is 6.07 Å². The molecule has 0 atom stereocenters. The summed E-state index contributed by atoms with van der Waals surface area (Å²) in [6.07, 6.45) is 1.05. The van der Waals surface area contributed by atoms with E-state index < -0.39 is 5.97 Å². The lowest BCUT2D eigenvalue weighted by Gasteiger charge is -2.03. The number of carboxylic acid groups (broad SMARTS) is 1. The van der Waals surface area contributed by atoms with Gasteiger partial charge in [-0.15, -0.1) is 0 Å². The van der Waals surface area contributed by atoms with Crippen LogP contribution < -0.4 is 5.32 Å². The van der Waals surface area contributed by atoms with E-state index >= 15 is 0 Å². The van der Waals surface area contributed by atoms with Gasteiger partial charge in [0.2, 0.25) is 0 Å².